The average molecular weight is 447 g/mol. The number of hydrogen-bond donors (Lipinski definition) is 0. The normalized spacial score (nSPS) is 16.1. The number of rotatable bonds is 5. The van der Waals surface area contributed by atoms with E-state index in [0.717, 1.165) is 16.7 Å². The highest BCUT2D eigenvalue weighted by molar-refractivity contribution is 7.89. The summed E-state index contributed by atoms with van der Waals surface area (Å²) in [6.45, 7) is 6.28. The molecule has 0 aliphatic carbocycles. The Hall–Kier alpha value is -2.26. The van der Waals surface area contributed by atoms with Crippen molar-refractivity contribution in [3.8, 4) is 11.4 Å². The fraction of sp³-hybridized carbons (Fsp3) is 0.333. The molecule has 1 aliphatic rings. The molecule has 0 saturated carbocycles. The molecule has 0 atom stereocenters. The monoisotopic (exact) mass is 446 g/mol. The van der Waals surface area contributed by atoms with Gasteiger partial charge in [0.05, 0.1) is 16.5 Å². The number of piperazine rings is 1. The minimum absolute atomic E-state index is 0.378. The van der Waals surface area contributed by atoms with Gasteiger partial charge in [0.25, 0.3) is 0 Å². The lowest BCUT2D eigenvalue weighted by atomic mass is 10.2. The molecule has 0 bridgehead atoms. The van der Waals surface area contributed by atoms with Crippen LogP contribution < -0.4 is 0 Å². The van der Waals surface area contributed by atoms with Gasteiger partial charge in [-0.2, -0.15) is 9.29 Å². The van der Waals surface area contributed by atoms with Crippen LogP contribution in [-0.2, 0) is 16.6 Å². The zero-order chi connectivity index (χ0) is 21.3. The van der Waals surface area contributed by atoms with Crippen LogP contribution in [0.3, 0.4) is 0 Å². The Morgan fingerprint density at radius 3 is 2.50 bits per heavy atom. The van der Waals surface area contributed by atoms with E-state index in [-0.39, 0.29) is 0 Å². The van der Waals surface area contributed by atoms with E-state index in [9.17, 15) is 8.42 Å². The molecule has 0 amide bonds. The summed E-state index contributed by atoms with van der Waals surface area (Å²) in [6, 6.07) is 12.8. The van der Waals surface area contributed by atoms with Crippen molar-refractivity contribution >= 4 is 21.6 Å². The molecule has 7 nitrogen and oxygen atoms in total. The molecule has 3 aromatic rings. The molecule has 9 heteroatoms. The van der Waals surface area contributed by atoms with Gasteiger partial charge >= 0.3 is 0 Å². The van der Waals surface area contributed by atoms with Crippen molar-refractivity contribution in [2.24, 2.45) is 0 Å². The molecule has 0 unspecified atom stereocenters. The van der Waals surface area contributed by atoms with E-state index in [0.29, 0.717) is 54.4 Å². The Balaban J connectivity index is 1.40. The van der Waals surface area contributed by atoms with Gasteiger partial charge in [-0.15, -0.1) is 0 Å². The second-order valence-corrected chi connectivity index (χ2v) is 9.75. The minimum Gasteiger partial charge on any atom is -0.338 e. The molecule has 30 heavy (non-hydrogen) atoms. The SMILES string of the molecule is Cc1ccc(S(=O)(=O)N2CCN(Cc3nc(-c4ccccc4Cl)no3)CC2)c(C)c1. The van der Waals surface area contributed by atoms with Crippen molar-refractivity contribution in [2.75, 3.05) is 26.2 Å². The van der Waals surface area contributed by atoms with Crippen molar-refractivity contribution in [2.45, 2.75) is 25.3 Å². The first-order valence-electron chi connectivity index (χ1n) is 9.72. The van der Waals surface area contributed by atoms with Gasteiger partial charge < -0.3 is 4.52 Å². The summed E-state index contributed by atoms with van der Waals surface area (Å²) in [5.41, 5.74) is 2.54. The fourth-order valence-electron chi connectivity index (χ4n) is 3.62. The summed E-state index contributed by atoms with van der Waals surface area (Å²) in [5.74, 6) is 0.933. The van der Waals surface area contributed by atoms with E-state index in [1.165, 1.54) is 0 Å². The summed E-state index contributed by atoms with van der Waals surface area (Å²) in [4.78, 5) is 6.92. The Bertz CT molecular complexity index is 1150. The first-order valence-corrected chi connectivity index (χ1v) is 11.5. The third-order valence-corrected chi connectivity index (χ3v) is 7.61. The number of nitrogens with zero attached hydrogens (tertiary/aromatic N) is 4. The van der Waals surface area contributed by atoms with E-state index < -0.39 is 10.0 Å². The van der Waals surface area contributed by atoms with Gasteiger partial charge in [0.1, 0.15) is 0 Å². The summed E-state index contributed by atoms with van der Waals surface area (Å²) < 4.78 is 33.0. The maximum absolute atomic E-state index is 13.0. The Morgan fingerprint density at radius 2 is 1.80 bits per heavy atom. The van der Waals surface area contributed by atoms with E-state index in [4.69, 9.17) is 16.1 Å². The van der Waals surface area contributed by atoms with Gasteiger partial charge in [0, 0.05) is 31.7 Å². The van der Waals surface area contributed by atoms with Crippen LogP contribution in [0.1, 0.15) is 17.0 Å². The third kappa shape index (κ3) is 4.27. The van der Waals surface area contributed by atoms with Crippen LogP contribution >= 0.6 is 11.6 Å². The predicted octanol–water partition coefficient (Wildman–Crippen LogP) is 3.51. The van der Waals surface area contributed by atoms with Crippen molar-refractivity contribution < 1.29 is 12.9 Å². The molecule has 0 N–H and O–H groups in total. The first-order chi connectivity index (χ1) is 14.3. The van der Waals surface area contributed by atoms with Crippen LogP contribution in [0.25, 0.3) is 11.4 Å². The highest BCUT2D eigenvalue weighted by Gasteiger charge is 2.30. The van der Waals surface area contributed by atoms with Crippen LogP contribution in [0, 0.1) is 13.8 Å². The second-order valence-electron chi connectivity index (χ2n) is 7.44. The van der Waals surface area contributed by atoms with Crippen molar-refractivity contribution in [3.05, 3.63) is 64.5 Å². The summed E-state index contributed by atoms with van der Waals surface area (Å²) in [5, 5.41) is 4.58. The quantitative estimate of drug-likeness (QED) is 0.596. The van der Waals surface area contributed by atoms with E-state index >= 15 is 0 Å². The van der Waals surface area contributed by atoms with Crippen molar-refractivity contribution in [1.82, 2.24) is 19.3 Å². The molecule has 2 aromatic carbocycles. The summed E-state index contributed by atoms with van der Waals surface area (Å²) in [6.07, 6.45) is 0. The Kier molecular flexibility index (Phi) is 5.92. The molecule has 1 aromatic heterocycles. The highest BCUT2D eigenvalue weighted by atomic mass is 35.5. The van der Waals surface area contributed by atoms with Gasteiger partial charge in [-0.05, 0) is 37.6 Å². The minimum atomic E-state index is -3.50. The lowest BCUT2D eigenvalue weighted by Gasteiger charge is -2.33. The number of aryl methyl sites for hydroxylation is 2. The lowest BCUT2D eigenvalue weighted by Crippen LogP contribution is -2.48. The van der Waals surface area contributed by atoms with Gasteiger partial charge in [0.2, 0.25) is 21.7 Å². The molecular weight excluding hydrogens is 424 g/mol. The number of benzene rings is 2. The van der Waals surface area contributed by atoms with Crippen LogP contribution in [0.2, 0.25) is 5.02 Å². The maximum Gasteiger partial charge on any atom is 0.243 e. The van der Waals surface area contributed by atoms with Crippen molar-refractivity contribution in [1.29, 1.82) is 0 Å². The van der Waals surface area contributed by atoms with Crippen LogP contribution in [0.4, 0.5) is 0 Å². The third-order valence-electron chi connectivity index (χ3n) is 5.22. The number of aromatic nitrogens is 2. The summed E-state index contributed by atoms with van der Waals surface area (Å²) >= 11 is 6.19. The molecule has 1 aliphatic heterocycles. The number of sulfonamides is 1. The average Bonchev–Trinajstić information content (AvgIpc) is 3.16. The van der Waals surface area contributed by atoms with Gasteiger partial charge in [-0.25, -0.2) is 8.42 Å². The zero-order valence-corrected chi connectivity index (χ0v) is 18.4. The maximum atomic E-state index is 13.0. The number of hydrogen-bond acceptors (Lipinski definition) is 6. The Morgan fingerprint density at radius 1 is 1.07 bits per heavy atom. The van der Waals surface area contributed by atoms with Crippen molar-refractivity contribution in [3.63, 3.8) is 0 Å². The zero-order valence-electron chi connectivity index (χ0n) is 16.9. The second kappa shape index (κ2) is 8.47. The summed E-state index contributed by atoms with van der Waals surface area (Å²) in [7, 11) is -3.50. The van der Waals surface area contributed by atoms with E-state index in [2.05, 4.69) is 15.0 Å². The largest absolute Gasteiger partial charge is 0.338 e. The smallest absolute Gasteiger partial charge is 0.243 e. The van der Waals surface area contributed by atoms with Gasteiger partial charge in [0.15, 0.2) is 0 Å². The van der Waals surface area contributed by atoms with Gasteiger partial charge in [-0.3, -0.25) is 4.90 Å². The van der Waals surface area contributed by atoms with E-state index in [1.54, 1.807) is 16.4 Å². The Labute approximate surface area is 181 Å². The molecule has 0 radical (unpaired) electrons. The fourth-order valence-corrected chi connectivity index (χ4v) is 5.47. The molecule has 0 spiro atoms. The molecule has 4 rings (SSSR count). The van der Waals surface area contributed by atoms with Crippen LogP contribution in [0.5, 0.6) is 0 Å². The van der Waals surface area contributed by atoms with Gasteiger partial charge in [-0.1, -0.05) is 46.6 Å². The molecule has 158 valence electrons. The molecule has 2 heterocycles. The van der Waals surface area contributed by atoms with E-state index in [1.807, 2.05) is 44.2 Å². The molecule has 1 fully saturated rings. The first kappa shape index (κ1) is 21.0. The lowest BCUT2D eigenvalue weighted by molar-refractivity contribution is 0.163. The molecule has 1 saturated heterocycles. The highest BCUT2D eigenvalue weighted by Crippen LogP contribution is 2.26. The number of halogens is 1. The predicted molar refractivity (Wildman–Crippen MR) is 115 cm³/mol. The standard InChI is InChI=1S/C21H23ClN4O3S/c1-15-7-8-19(16(2)13-15)30(27,28)26-11-9-25(10-12-26)14-20-23-21(24-29-20)17-5-3-4-6-18(17)22/h3-8,13H,9-12,14H2,1-2H3. The topological polar surface area (TPSA) is 79.5 Å². The molecular formula is C21H23ClN4O3S. The van der Waals surface area contributed by atoms with Crippen LogP contribution in [0.15, 0.2) is 51.9 Å². The van der Waals surface area contributed by atoms with Crippen LogP contribution in [-0.4, -0.2) is 53.9 Å².